The van der Waals surface area contributed by atoms with Crippen molar-refractivity contribution in [1.82, 2.24) is 10.6 Å². The second-order valence-electron chi connectivity index (χ2n) is 6.78. The molecule has 1 saturated carbocycles. The smallest absolute Gasteiger partial charge is 0.228 e. The van der Waals surface area contributed by atoms with Gasteiger partial charge < -0.3 is 15.4 Å². The fraction of sp³-hybridized carbons (Fsp3) is 0.611. The van der Waals surface area contributed by atoms with Crippen LogP contribution in [0.25, 0.3) is 0 Å². The van der Waals surface area contributed by atoms with E-state index in [9.17, 15) is 9.18 Å². The fourth-order valence-electron chi connectivity index (χ4n) is 4.22. The molecule has 3 atom stereocenters. The summed E-state index contributed by atoms with van der Waals surface area (Å²) in [6.07, 6.45) is 4.29. The maximum absolute atomic E-state index is 14.2. The summed E-state index contributed by atoms with van der Waals surface area (Å²) >= 11 is 0. The lowest BCUT2D eigenvalue weighted by Gasteiger charge is -2.38. The lowest BCUT2D eigenvalue weighted by Crippen LogP contribution is -2.48. The van der Waals surface area contributed by atoms with Gasteiger partial charge in [-0.1, -0.05) is 18.9 Å². The lowest BCUT2D eigenvalue weighted by molar-refractivity contribution is -0.134. The van der Waals surface area contributed by atoms with Gasteiger partial charge in [-0.3, -0.25) is 4.79 Å². The van der Waals surface area contributed by atoms with Gasteiger partial charge in [-0.05, 0) is 44.4 Å². The summed E-state index contributed by atoms with van der Waals surface area (Å²) < 4.78 is 19.5. The first kappa shape index (κ1) is 16.2. The van der Waals surface area contributed by atoms with Gasteiger partial charge in [-0.15, -0.1) is 0 Å². The Labute approximate surface area is 136 Å². The highest BCUT2D eigenvalue weighted by molar-refractivity contribution is 5.84. The number of hydrogen-bond donors (Lipinski definition) is 2. The predicted octanol–water partition coefficient (Wildman–Crippen LogP) is 2.79. The van der Waals surface area contributed by atoms with E-state index in [1.54, 1.807) is 12.1 Å². The second kappa shape index (κ2) is 6.48. The zero-order valence-corrected chi connectivity index (χ0v) is 13.8. The molecule has 2 N–H and O–H groups in total. The number of hydrogen-bond acceptors (Lipinski definition) is 3. The van der Waals surface area contributed by atoms with Crippen molar-refractivity contribution in [3.05, 3.63) is 29.6 Å². The quantitative estimate of drug-likeness (QED) is 0.897. The molecule has 2 aliphatic rings. The molecule has 0 bridgehead atoms. The normalized spacial score (nSPS) is 28.0. The number of methoxy groups -OCH3 is 1. The Hall–Kier alpha value is -1.62. The van der Waals surface area contributed by atoms with Crippen LogP contribution in [0.1, 0.15) is 44.2 Å². The molecule has 3 rings (SSSR count). The van der Waals surface area contributed by atoms with E-state index in [4.69, 9.17) is 4.74 Å². The van der Waals surface area contributed by atoms with Gasteiger partial charge in [-0.25, -0.2) is 4.39 Å². The maximum Gasteiger partial charge on any atom is 0.228 e. The Morgan fingerprint density at radius 3 is 3.09 bits per heavy atom. The zero-order chi connectivity index (χ0) is 16.4. The van der Waals surface area contributed by atoms with Crippen LogP contribution in [-0.4, -0.2) is 26.1 Å². The van der Waals surface area contributed by atoms with Gasteiger partial charge in [0.25, 0.3) is 0 Å². The topological polar surface area (TPSA) is 50.4 Å². The summed E-state index contributed by atoms with van der Waals surface area (Å²) in [4.78, 5) is 13.0. The molecule has 4 nitrogen and oxygen atoms in total. The molecule has 1 heterocycles. The molecule has 0 spiro atoms. The molecule has 2 fully saturated rings. The van der Waals surface area contributed by atoms with E-state index in [0.717, 1.165) is 32.4 Å². The van der Waals surface area contributed by atoms with Crippen LogP contribution in [0.15, 0.2) is 18.2 Å². The van der Waals surface area contributed by atoms with Crippen LogP contribution in [0.4, 0.5) is 4.39 Å². The third kappa shape index (κ3) is 2.82. The van der Waals surface area contributed by atoms with Crippen molar-refractivity contribution < 1.29 is 13.9 Å². The van der Waals surface area contributed by atoms with Crippen molar-refractivity contribution in [3.8, 4) is 5.75 Å². The monoisotopic (exact) mass is 320 g/mol. The fourth-order valence-corrected chi connectivity index (χ4v) is 4.22. The van der Waals surface area contributed by atoms with E-state index in [-0.39, 0.29) is 17.1 Å². The van der Waals surface area contributed by atoms with Crippen LogP contribution in [0.5, 0.6) is 5.75 Å². The molecule has 23 heavy (non-hydrogen) atoms. The molecule has 1 aliphatic heterocycles. The Balaban J connectivity index is 1.80. The average molecular weight is 320 g/mol. The van der Waals surface area contributed by atoms with Crippen LogP contribution in [0.3, 0.4) is 0 Å². The first-order valence-corrected chi connectivity index (χ1v) is 8.42. The van der Waals surface area contributed by atoms with E-state index < -0.39 is 6.04 Å². The highest BCUT2D eigenvalue weighted by Gasteiger charge is 2.50. The van der Waals surface area contributed by atoms with Crippen LogP contribution in [-0.2, 0) is 4.79 Å². The van der Waals surface area contributed by atoms with Crippen LogP contribution < -0.4 is 15.4 Å². The summed E-state index contributed by atoms with van der Waals surface area (Å²) in [5.74, 6) is 0.565. The van der Waals surface area contributed by atoms with Crippen molar-refractivity contribution in [3.63, 3.8) is 0 Å². The van der Waals surface area contributed by atoms with Gasteiger partial charge in [0.2, 0.25) is 5.91 Å². The minimum absolute atomic E-state index is 0.0463. The SMILES string of the molecule is COc1cccc(F)c1C(C)NC(=O)[C@@]12CCCC[C@H]1CNC2. The van der Waals surface area contributed by atoms with E-state index in [0.29, 0.717) is 17.2 Å². The van der Waals surface area contributed by atoms with Crippen LogP contribution in [0, 0.1) is 17.2 Å². The van der Waals surface area contributed by atoms with Crippen molar-refractivity contribution in [2.45, 2.75) is 38.6 Å². The maximum atomic E-state index is 14.2. The molecule has 1 amide bonds. The molecule has 1 saturated heterocycles. The van der Waals surface area contributed by atoms with Gasteiger partial charge in [0.05, 0.1) is 24.1 Å². The van der Waals surface area contributed by atoms with E-state index >= 15 is 0 Å². The molecule has 126 valence electrons. The van der Waals surface area contributed by atoms with Gasteiger partial charge in [0.1, 0.15) is 11.6 Å². The molecule has 1 aromatic rings. The number of nitrogens with one attached hydrogen (secondary N) is 2. The first-order valence-electron chi connectivity index (χ1n) is 8.42. The molecular formula is C18H25FN2O2. The molecule has 1 aromatic carbocycles. The van der Waals surface area contributed by atoms with Crippen molar-refractivity contribution >= 4 is 5.91 Å². The average Bonchev–Trinajstić information content (AvgIpc) is 2.99. The molecule has 1 unspecified atom stereocenters. The largest absolute Gasteiger partial charge is 0.496 e. The Morgan fingerprint density at radius 2 is 2.30 bits per heavy atom. The van der Waals surface area contributed by atoms with Gasteiger partial charge in [0, 0.05) is 6.54 Å². The van der Waals surface area contributed by atoms with E-state index in [1.807, 2.05) is 6.92 Å². The number of amides is 1. The Bertz CT molecular complexity index is 592. The molecule has 5 heteroatoms. The summed E-state index contributed by atoms with van der Waals surface area (Å²) in [6.45, 7) is 3.45. The van der Waals surface area contributed by atoms with Gasteiger partial charge in [-0.2, -0.15) is 0 Å². The summed E-state index contributed by atoms with van der Waals surface area (Å²) in [5, 5.41) is 6.42. The molecule has 1 aliphatic carbocycles. The second-order valence-corrected chi connectivity index (χ2v) is 6.78. The minimum Gasteiger partial charge on any atom is -0.496 e. The molecule has 0 radical (unpaired) electrons. The Kier molecular flexibility index (Phi) is 4.57. The summed E-state index contributed by atoms with van der Waals surface area (Å²) in [5.41, 5.74) is 0.0865. The van der Waals surface area contributed by atoms with Crippen LogP contribution in [0.2, 0.25) is 0 Å². The van der Waals surface area contributed by atoms with E-state index in [2.05, 4.69) is 10.6 Å². The standard InChI is InChI=1S/C18H25FN2O2/c1-12(16-14(19)7-5-8-15(16)23-2)21-17(22)18-9-4-3-6-13(18)10-20-11-18/h5,7-8,12-13,20H,3-4,6,9-11H2,1-2H3,(H,21,22)/t12?,13-,18+/m0/s1. The van der Waals surface area contributed by atoms with Crippen molar-refractivity contribution in [2.24, 2.45) is 11.3 Å². The lowest BCUT2D eigenvalue weighted by atomic mass is 9.67. The number of halogens is 1. The number of carbonyl (C=O) groups excluding carboxylic acids is 1. The van der Waals surface area contributed by atoms with Gasteiger partial charge in [0.15, 0.2) is 0 Å². The number of rotatable bonds is 4. The third-order valence-electron chi connectivity index (χ3n) is 5.50. The summed E-state index contributed by atoms with van der Waals surface area (Å²) in [6, 6.07) is 4.32. The first-order chi connectivity index (χ1) is 11.1. The highest BCUT2D eigenvalue weighted by Crippen LogP contribution is 2.44. The van der Waals surface area contributed by atoms with Crippen molar-refractivity contribution in [1.29, 1.82) is 0 Å². The van der Waals surface area contributed by atoms with Crippen LogP contribution >= 0.6 is 0 Å². The third-order valence-corrected chi connectivity index (χ3v) is 5.50. The van der Waals surface area contributed by atoms with Gasteiger partial charge >= 0.3 is 0 Å². The number of carbonyl (C=O) groups is 1. The number of fused-ring (bicyclic) bond motifs is 1. The zero-order valence-electron chi connectivity index (χ0n) is 13.8. The number of benzene rings is 1. The number of ether oxygens (including phenoxy) is 1. The summed E-state index contributed by atoms with van der Waals surface area (Å²) in [7, 11) is 1.52. The van der Waals surface area contributed by atoms with Crippen molar-refractivity contribution in [2.75, 3.05) is 20.2 Å². The Morgan fingerprint density at radius 1 is 1.48 bits per heavy atom. The molecular weight excluding hydrogens is 295 g/mol. The minimum atomic E-state index is -0.420. The van der Waals surface area contributed by atoms with E-state index in [1.165, 1.54) is 19.6 Å². The molecule has 0 aromatic heterocycles. The predicted molar refractivity (Wildman–Crippen MR) is 86.8 cm³/mol. The highest BCUT2D eigenvalue weighted by atomic mass is 19.1.